The number of hydrogen-bond donors (Lipinski definition) is 3. The first-order valence-corrected chi connectivity index (χ1v) is 16.4. The number of thiazole rings is 2. The van der Waals surface area contributed by atoms with E-state index in [9.17, 15) is 14.4 Å². The average Bonchev–Trinajstić information content (AvgIpc) is 3.61. The second-order valence-corrected chi connectivity index (χ2v) is 13.0. The fourth-order valence-electron chi connectivity index (χ4n) is 4.38. The van der Waals surface area contributed by atoms with E-state index >= 15 is 0 Å². The lowest BCUT2D eigenvalue weighted by Crippen LogP contribution is -2.54. The molecule has 3 atom stereocenters. The first kappa shape index (κ1) is 34.5. The number of aromatic nitrogens is 2. The van der Waals surface area contributed by atoms with Crippen molar-refractivity contribution in [3.05, 3.63) is 32.7 Å². The molecule has 0 aliphatic heterocycles. The molecule has 0 radical (unpaired) electrons. The Bertz CT molecular complexity index is 1060. The molecule has 3 N–H and O–H groups in total. The van der Waals surface area contributed by atoms with Gasteiger partial charge in [-0.05, 0) is 31.6 Å². The Labute approximate surface area is 253 Å². The van der Waals surface area contributed by atoms with Crippen LogP contribution in [0.1, 0.15) is 102 Å². The van der Waals surface area contributed by atoms with Gasteiger partial charge in [0.1, 0.15) is 12.6 Å². The molecule has 12 heteroatoms. The standard InChI is InChI=1S/C29H48N6O4S2/c1-8-10-21(12-13-22(11-9-2)33-29(38)39-16-24-14-30-18-41-24)31-26(36)25(19(3)4)34-28(37)35(7)15-23-17-40-27(32-23)20(5)6/h14,17-22,25H,8-13,15-16H2,1-7H3,(H,31,36)(H,33,38)(H,34,37). The first-order chi connectivity index (χ1) is 19.5. The molecule has 4 amide bonds. The van der Waals surface area contributed by atoms with Crippen molar-refractivity contribution in [1.82, 2.24) is 30.8 Å². The Morgan fingerprint density at radius 2 is 1.61 bits per heavy atom. The molecule has 0 fully saturated rings. The lowest BCUT2D eigenvalue weighted by molar-refractivity contribution is -0.124. The van der Waals surface area contributed by atoms with Crippen LogP contribution < -0.4 is 16.0 Å². The van der Waals surface area contributed by atoms with E-state index in [1.165, 1.54) is 11.3 Å². The predicted molar refractivity (Wildman–Crippen MR) is 165 cm³/mol. The molecule has 0 bridgehead atoms. The maximum Gasteiger partial charge on any atom is 0.407 e. The van der Waals surface area contributed by atoms with Crippen molar-refractivity contribution in [3.63, 3.8) is 0 Å². The van der Waals surface area contributed by atoms with Gasteiger partial charge in [-0.15, -0.1) is 22.7 Å². The van der Waals surface area contributed by atoms with Crippen LogP contribution in [0, 0.1) is 5.92 Å². The molecule has 10 nitrogen and oxygen atoms in total. The number of hydrogen-bond acceptors (Lipinski definition) is 8. The zero-order chi connectivity index (χ0) is 30.4. The molecule has 230 valence electrons. The van der Waals surface area contributed by atoms with Crippen LogP contribution in [-0.4, -0.2) is 58.1 Å². The number of amides is 4. The molecule has 0 saturated carbocycles. The Kier molecular flexibility index (Phi) is 15.1. The lowest BCUT2D eigenvalue weighted by atomic mass is 9.98. The summed E-state index contributed by atoms with van der Waals surface area (Å²) >= 11 is 3.04. The molecule has 3 unspecified atom stereocenters. The van der Waals surface area contributed by atoms with Crippen molar-refractivity contribution >= 4 is 40.7 Å². The molecule has 0 aliphatic rings. The summed E-state index contributed by atoms with van der Waals surface area (Å²) in [4.78, 5) is 49.8. The zero-order valence-corrected chi connectivity index (χ0v) is 27.2. The molecule has 2 aromatic heterocycles. The van der Waals surface area contributed by atoms with Crippen LogP contribution in [-0.2, 0) is 22.7 Å². The Balaban J connectivity index is 1.92. The number of rotatable bonds is 17. The van der Waals surface area contributed by atoms with Gasteiger partial charge in [0.2, 0.25) is 5.91 Å². The number of ether oxygens (including phenoxy) is 1. The minimum Gasteiger partial charge on any atom is -0.444 e. The van der Waals surface area contributed by atoms with Crippen LogP contribution in [0.2, 0.25) is 0 Å². The smallest absolute Gasteiger partial charge is 0.407 e. The van der Waals surface area contributed by atoms with Crippen LogP contribution in [0.4, 0.5) is 9.59 Å². The summed E-state index contributed by atoms with van der Waals surface area (Å²) in [5.74, 6) is 0.0539. The van der Waals surface area contributed by atoms with E-state index in [1.807, 2.05) is 19.2 Å². The predicted octanol–water partition coefficient (Wildman–Crippen LogP) is 6.05. The lowest BCUT2D eigenvalue weighted by Gasteiger charge is -2.28. The number of urea groups is 1. The Hall–Kier alpha value is -2.73. The molecule has 0 saturated heterocycles. The third kappa shape index (κ3) is 12.4. The van der Waals surface area contributed by atoms with Gasteiger partial charge in [0.05, 0.1) is 27.6 Å². The van der Waals surface area contributed by atoms with Gasteiger partial charge >= 0.3 is 12.1 Å². The van der Waals surface area contributed by atoms with Crippen LogP contribution in [0.5, 0.6) is 0 Å². The van der Waals surface area contributed by atoms with E-state index in [4.69, 9.17) is 4.74 Å². The maximum absolute atomic E-state index is 13.4. The van der Waals surface area contributed by atoms with Crippen LogP contribution in [0.25, 0.3) is 0 Å². The SMILES string of the molecule is CCCC(CCC(CCC)NC(=O)C(NC(=O)N(C)Cc1csc(C(C)C)n1)C(C)C)NC(=O)OCc1cncs1. The topological polar surface area (TPSA) is 126 Å². The van der Waals surface area contributed by atoms with E-state index in [0.717, 1.165) is 41.3 Å². The first-order valence-electron chi connectivity index (χ1n) is 14.6. The fourth-order valence-corrected chi connectivity index (χ4v) is 5.71. The molecule has 41 heavy (non-hydrogen) atoms. The Morgan fingerprint density at radius 3 is 2.15 bits per heavy atom. The molecule has 0 aliphatic carbocycles. The summed E-state index contributed by atoms with van der Waals surface area (Å²) in [6.07, 6.45) is 6.10. The van der Waals surface area contributed by atoms with Gasteiger partial charge in [-0.2, -0.15) is 0 Å². The summed E-state index contributed by atoms with van der Waals surface area (Å²) in [5, 5.41) is 12.1. The third-order valence-electron chi connectivity index (χ3n) is 6.67. The molecule has 2 heterocycles. The Morgan fingerprint density at radius 1 is 0.951 bits per heavy atom. The number of carbonyl (C=O) groups is 3. The van der Waals surface area contributed by atoms with Crippen molar-refractivity contribution in [2.24, 2.45) is 5.92 Å². The van der Waals surface area contributed by atoms with Gasteiger partial charge < -0.3 is 25.6 Å². The van der Waals surface area contributed by atoms with Gasteiger partial charge in [0, 0.05) is 36.6 Å². The van der Waals surface area contributed by atoms with E-state index < -0.39 is 12.1 Å². The van der Waals surface area contributed by atoms with E-state index in [1.54, 1.807) is 35.0 Å². The molecule has 2 rings (SSSR count). The number of nitrogens with zero attached hydrogens (tertiary/aromatic N) is 3. The van der Waals surface area contributed by atoms with E-state index in [0.29, 0.717) is 25.3 Å². The van der Waals surface area contributed by atoms with Crippen molar-refractivity contribution < 1.29 is 19.1 Å². The highest BCUT2D eigenvalue weighted by atomic mass is 32.1. The molecule has 2 aromatic rings. The average molecular weight is 609 g/mol. The second kappa shape index (κ2) is 17.9. The third-order valence-corrected chi connectivity index (χ3v) is 8.62. The van der Waals surface area contributed by atoms with Crippen LogP contribution in [0.15, 0.2) is 17.1 Å². The molecular weight excluding hydrogens is 560 g/mol. The summed E-state index contributed by atoms with van der Waals surface area (Å²) in [6, 6.07) is -1.10. The number of alkyl carbamates (subject to hydrolysis) is 1. The quantitative estimate of drug-likeness (QED) is 0.201. The van der Waals surface area contributed by atoms with Gasteiger partial charge in [0.15, 0.2) is 0 Å². The highest BCUT2D eigenvalue weighted by molar-refractivity contribution is 7.09. The van der Waals surface area contributed by atoms with E-state index in [-0.39, 0.29) is 36.5 Å². The summed E-state index contributed by atoms with van der Waals surface area (Å²) in [7, 11) is 1.71. The summed E-state index contributed by atoms with van der Waals surface area (Å²) in [6.45, 7) is 12.8. The van der Waals surface area contributed by atoms with Crippen molar-refractivity contribution in [2.75, 3.05) is 7.05 Å². The van der Waals surface area contributed by atoms with Crippen molar-refractivity contribution in [1.29, 1.82) is 0 Å². The summed E-state index contributed by atoms with van der Waals surface area (Å²) < 4.78 is 5.35. The molecular formula is C29H48N6O4S2. The minimum atomic E-state index is -0.669. The fraction of sp³-hybridized carbons (Fsp3) is 0.690. The maximum atomic E-state index is 13.4. The minimum absolute atomic E-state index is 0.0543. The van der Waals surface area contributed by atoms with Crippen LogP contribution >= 0.6 is 22.7 Å². The summed E-state index contributed by atoms with van der Waals surface area (Å²) in [5.41, 5.74) is 2.55. The monoisotopic (exact) mass is 608 g/mol. The normalized spacial score (nSPS) is 13.5. The molecule has 0 spiro atoms. The van der Waals surface area contributed by atoms with Gasteiger partial charge in [-0.3, -0.25) is 9.78 Å². The zero-order valence-electron chi connectivity index (χ0n) is 25.6. The largest absolute Gasteiger partial charge is 0.444 e. The van der Waals surface area contributed by atoms with Gasteiger partial charge in [-0.25, -0.2) is 14.6 Å². The highest BCUT2D eigenvalue weighted by Crippen LogP contribution is 2.20. The second-order valence-electron chi connectivity index (χ2n) is 11.1. The highest BCUT2D eigenvalue weighted by Gasteiger charge is 2.28. The number of carbonyl (C=O) groups excluding carboxylic acids is 3. The van der Waals surface area contributed by atoms with Gasteiger partial charge in [-0.1, -0.05) is 54.4 Å². The van der Waals surface area contributed by atoms with Crippen LogP contribution in [0.3, 0.4) is 0 Å². The number of nitrogens with one attached hydrogen (secondary N) is 3. The van der Waals surface area contributed by atoms with Gasteiger partial charge in [0.25, 0.3) is 0 Å². The van der Waals surface area contributed by atoms with Crippen molar-refractivity contribution in [2.45, 2.75) is 117 Å². The molecule has 0 aromatic carbocycles. The van der Waals surface area contributed by atoms with Crippen molar-refractivity contribution in [3.8, 4) is 0 Å². The van der Waals surface area contributed by atoms with E-state index in [2.05, 4.69) is 53.6 Å².